The standard InChI is InChI=1S/C17H11ClN2O2/c18-13-7-4-12(5-8-13)6-9-14-10-11-15-16(19-14)2-1-3-17(15)20(21)22/h1-11H/b9-6+. The van der Waals surface area contributed by atoms with Gasteiger partial charge < -0.3 is 0 Å². The number of hydrogen-bond donors (Lipinski definition) is 0. The van der Waals surface area contributed by atoms with Gasteiger partial charge in [0.1, 0.15) is 0 Å². The van der Waals surface area contributed by atoms with Gasteiger partial charge in [-0.05, 0) is 42.0 Å². The van der Waals surface area contributed by atoms with Crippen LogP contribution in [-0.4, -0.2) is 9.91 Å². The first-order valence-electron chi connectivity index (χ1n) is 6.61. The number of fused-ring (bicyclic) bond motifs is 1. The topological polar surface area (TPSA) is 56.0 Å². The molecule has 1 heterocycles. The summed E-state index contributed by atoms with van der Waals surface area (Å²) in [4.78, 5) is 15.0. The summed E-state index contributed by atoms with van der Waals surface area (Å²) in [6.07, 6.45) is 3.78. The molecule has 5 heteroatoms. The highest BCUT2D eigenvalue weighted by Crippen LogP contribution is 2.24. The van der Waals surface area contributed by atoms with E-state index in [1.165, 1.54) is 6.07 Å². The molecule has 108 valence electrons. The van der Waals surface area contributed by atoms with Crippen molar-refractivity contribution in [3.63, 3.8) is 0 Å². The van der Waals surface area contributed by atoms with Gasteiger partial charge in [-0.1, -0.05) is 35.9 Å². The molecule has 0 amide bonds. The Morgan fingerprint density at radius 2 is 1.77 bits per heavy atom. The van der Waals surface area contributed by atoms with Crippen molar-refractivity contribution >= 4 is 40.3 Å². The molecule has 1 aromatic heterocycles. The van der Waals surface area contributed by atoms with E-state index in [4.69, 9.17) is 11.6 Å². The van der Waals surface area contributed by atoms with E-state index in [2.05, 4.69) is 4.98 Å². The van der Waals surface area contributed by atoms with Crippen LogP contribution in [0.25, 0.3) is 23.1 Å². The third-order valence-corrected chi connectivity index (χ3v) is 3.50. The van der Waals surface area contributed by atoms with Gasteiger partial charge in [0.05, 0.1) is 21.5 Å². The number of pyridine rings is 1. The van der Waals surface area contributed by atoms with Crippen molar-refractivity contribution in [2.24, 2.45) is 0 Å². The Bertz CT molecular complexity index is 873. The summed E-state index contributed by atoms with van der Waals surface area (Å²) in [7, 11) is 0. The lowest BCUT2D eigenvalue weighted by atomic mass is 10.1. The first-order chi connectivity index (χ1) is 10.6. The summed E-state index contributed by atoms with van der Waals surface area (Å²) in [6.45, 7) is 0. The fourth-order valence-electron chi connectivity index (χ4n) is 2.16. The van der Waals surface area contributed by atoms with E-state index in [9.17, 15) is 10.1 Å². The fourth-order valence-corrected chi connectivity index (χ4v) is 2.29. The second-order valence-corrected chi connectivity index (χ2v) is 5.16. The Morgan fingerprint density at radius 3 is 2.50 bits per heavy atom. The molecule has 3 aromatic rings. The van der Waals surface area contributed by atoms with E-state index in [-0.39, 0.29) is 5.69 Å². The Balaban J connectivity index is 1.95. The van der Waals surface area contributed by atoms with Crippen LogP contribution in [0.15, 0.2) is 54.6 Å². The molecule has 2 aromatic carbocycles. The maximum absolute atomic E-state index is 11.0. The van der Waals surface area contributed by atoms with E-state index in [1.54, 1.807) is 24.3 Å². The molecule has 0 radical (unpaired) electrons. The predicted molar refractivity (Wildman–Crippen MR) is 88.8 cm³/mol. The molecule has 0 aliphatic heterocycles. The SMILES string of the molecule is O=[N+]([O-])c1cccc2nc(/C=C/c3ccc(Cl)cc3)ccc12. The lowest BCUT2D eigenvalue weighted by Crippen LogP contribution is -1.91. The molecule has 0 atom stereocenters. The third kappa shape index (κ3) is 2.97. The zero-order valence-electron chi connectivity index (χ0n) is 11.4. The lowest BCUT2D eigenvalue weighted by Gasteiger charge is -2.00. The van der Waals surface area contributed by atoms with Crippen LogP contribution in [0.5, 0.6) is 0 Å². The van der Waals surface area contributed by atoms with Gasteiger partial charge in [-0.3, -0.25) is 10.1 Å². The van der Waals surface area contributed by atoms with Crippen LogP contribution < -0.4 is 0 Å². The first-order valence-corrected chi connectivity index (χ1v) is 6.99. The largest absolute Gasteiger partial charge is 0.278 e. The average Bonchev–Trinajstić information content (AvgIpc) is 2.53. The summed E-state index contributed by atoms with van der Waals surface area (Å²) >= 11 is 5.84. The minimum atomic E-state index is -0.396. The highest BCUT2D eigenvalue weighted by molar-refractivity contribution is 6.30. The quantitative estimate of drug-likeness (QED) is 0.507. The fraction of sp³-hybridized carbons (Fsp3) is 0. The highest BCUT2D eigenvalue weighted by atomic mass is 35.5. The number of nitro groups is 1. The maximum atomic E-state index is 11.0. The van der Waals surface area contributed by atoms with Crippen LogP contribution >= 0.6 is 11.6 Å². The minimum absolute atomic E-state index is 0.0678. The van der Waals surface area contributed by atoms with Gasteiger partial charge in [-0.15, -0.1) is 0 Å². The molecule has 0 saturated carbocycles. The number of nitro benzene ring substituents is 1. The van der Waals surface area contributed by atoms with Crippen LogP contribution in [0.1, 0.15) is 11.3 Å². The smallest absolute Gasteiger partial charge is 0.258 e. The van der Waals surface area contributed by atoms with Gasteiger partial charge in [0.25, 0.3) is 5.69 Å². The van der Waals surface area contributed by atoms with Gasteiger partial charge in [0.2, 0.25) is 0 Å². The highest BCUT2D eigenvalue weighted by Gasteiger charge is 2.11. The molecule has 0 bridgehead atoms. The molecule has 0 spiro atoms. The van der Waals surface area contributed by atoms with Gasteiger partial charge in [0, 0.05) is 11.1 Å². The van der Waals surface area contributed by atoms with Crippen LogP contribution in [0.3, 0.4) is 0 Å². The summed E-state index contributed by atoms with van der Waals surface area (Å²) in [6, 6.07) is 15.8. The van der Waals surface area contributed by atoms with Crippen molar-refractivity contribution in [3.05, 3.63) is 81.0 Å². The van der Waals surface area contributed by atoms with Crippen LogP contribution in [0.4, 0.5) is 5.69 Å². The molecule has 4 nitrogen and oxygen atoms in total. The van der Waals surface area contributed by atoms with E-state index < -0.39 is 4.92 Å². The number of nitrogens with zero attached hydrogens (tertiary/aromatic N) is 2. The van der Waals surface area contributed by atoms with E-state index >= 15 is 0 Å². The van der Waals surface area contributed by atoms with E-state index in [1.807, 2.05) is 36.4 Å². The Labute approximate surface area is 131 Å². The van der Waals surface area contributed by atoms with Crippen molar-refractivity contribution in [2.45, 2.75) is 0 Å². The van der Waals surface area contributed by atoms with Crippen LogP contribution in [-0.2, 0) is 0 Å². The molecule has 0 unspecified atom stereocenters. The number of aromatic nitrogens is 1. The first kappa shape index (κ1) is 14.2. The normalized spacial score (nSPS) is 11.1. The monoisotopic (exact) mass is 310 g/mol. The van der Waals surface area contributed by atoms with Gasteiger partial charge in [0.15, 0.2) is 0 Å². The molecular formula is C17H11ClN2O2. The molecule has 22 heavy (non-hydrogen) atoms. The second kappa shape index (κ2) is 5.95. The molecule has 0 N–H and O–H groups in total. The summed E-state index contributed by atoms with van der Waals surface area (Å²) < 4.78 is 0. The Kier molecular flexibility index (Phi) is 3.85. The molecule has 0 aliphatic carbocycles. The van der Waals surface area contributed by atoms with Crippen LogP contribution in [0.2, 0.25) is 5.02 Å². The van der Waals surface area contributed by atoms with E-state index in [0.29, 0.717) is 15.9 Å². The number of rotatable bonds is 3. The second-order valence-electron chi connectivity index (χ2n) is 4.72. The Morgan fingerprint density at radius 1 is 1.00 bits per heavy atom. The molecule has 0 fully saturated rings. The maximum Gasteiger partial charge on any atom is 0.278 e. The molecular weight excluding hydrogens is 300 g/mol. The molecule has 0 aliphatic rings. The number of hydrogen-bond acceptors (Lipinski definition) is 3. The lowest BCUT2D eigenvalue weighted by molar-refractivity contribution is -0.383. The third-order valence-electron chi connectivity index (χ3n) is 3.24. The number of halogens is 1. The number of benzene rings is 2. The van der Waals surface area contributed by atoms with Gasteiger partial charge in [-0.2, -0.15) is 0 Å². The van der Waals surface area contributed by atoms with Crippen molar-refractivity contribution in [1.29, 1.82) is 0 Å². The summed E-state index contributed by atoms with van der Waals surface area (Å²) in [5.41, 5.74) is 2.42. The Hall–Kier alpha value is -2.72. The molecule has 3 rings (SSSR count). The van der Waals surface area contributed by atoms with E-state index in [0.717, 1.165) is 11.3 Å². The van der Waals surface area contributed by atoms with Gasteiger partial charge >= 0.3 is 0 Å². The zero-order chi connectivity index (χ0) is 15.5. The predicted octanol–water partition coefficient (Wildman–Crippen LogP) is 4.97. The van der Waals surface area contributed by atoms with Crippen molar-refractivity contribution in [2.75, 3.05) is 0 Å². The average molecular weight is 311 g/mol. The summed E-state index contributed by atoms with van der Waals surface area (Å²) in [5.74, 6) is 0. The van der Waals surface area contributed by atoms with Crippen LogP contribution in [0, 0.1) is 10.1 Å². The van der Waals surface area contributed by atoms with Crippen molar-refractivity contribution < 1.29 is 4.92 Å². The summed E-state index contributed by atoms with van der Waals surface area (Å²) in [5, 5.41) is 12.2. The van der Waals surface area contributed by atoms with Crippen molar-refractivity contribution in [1.82, 2.24) is 4.98 Å². The number of non-ortho nitro benzene ring substituents is 1. The molecule has 0 saturated heterocycles. The van der Waals surface area contributed by atoms with Crippen molar-refractivity contribution in [3.8, 4) is 0 Å². The zero-order valence-corrected chi connectivity index (χ0v) is 12.2. The van der Waals surface area contributed by atoms with Gasteiger partial charge in [-0.25, -0.2) is 4.98 Å². The minimum Gasteiger partial charge on any atom is -0.258 e.